The van der Waals surface area contributed by atoms with Crippen molar-refractivity contribution in [2.45, 2.75) is 32.2 Å². The molecule has 3 heterocycles. The predicted octanol–water partition coefficient (Wildman–Crippen LogP) is 5.06. The Bertz CT molecular complexity index is 1310. The summed E-state index contributed by atoms with van der Waals surface area (Å²) in [6, 6.07) is 13.0. The number of ether oxygens (including phenoxy) is 2. The van der Waals surface area contributed by atoms with Crippen LogP contribution in [0.1, 0.15) is 26.2 Å². The summed E-state index contributed by atoms with van der Waals surface area (Å²) in [6.45, 7) is 5.47. The Morgan fingerprint density at radius 1 is 1.00 bits per heavy atom. The molecule has 2 aromatic heterocycles. The van der Waals surface area contributed by atoms with Crippen LogP contribution in [0.25, 0.3) is 22.3 Å². The number of aromatic nitrogens is 4. The normalized spacial score (nSPS) is 15.9. The van der Waals surface area contributed by atoms with Crippen molar-refractivity contribution in [1.82, 2.24) is 24.6 Å². The summed E-state index contributed by atoms with van der Waals surface area (Å²) < 4.78 is 12.9. The lowest BCUT2D eigenvalue weighted by Gasteiger charge is -2.28. The molecule has 5 rings (SSSR count). The van der Waals surface area contributed by atoms with Gasteiger partial charge in [0.15, 0.2) is 0 Å². The maximum atomic E-state index is 5.58. The highest BCUT2D eigenvalue weighted by Crippen LogP contribution is 2.34. The standard InChI is InChI=1S/C28H34N6O2/c1-20-7-5-10-33(20)11-6-12-34(23-13-24(35-3)16-25(14-23)36-4)22-8-9-26-27(15-22)31-28(18-29-26)21-17-30-32(2)19-21/h8-9,13-20H,5-7,10-12H2,1-4H3/t20-/m0/s1. The zero-order chi connectivity index (χ0) is 25.1. The summed E-state index contributed by atoms with van der Waals surface area (Å²) in [4.78, 5) is 14.5. The van der Waals surface area contributed by atoms with Gasteiger partial charge in [-0.2, -0.15) is 5.10 Å². The van der Waals surface area contributed by atoms with Gasteiger partial charge in [-0.15, -0.1) is 0 Å². The minimum absolute atomic E-state index is 0.664. The van der Waals surface area contributed by atoms with Crippen molar-refractivity contribution in [1.29, 1.82) is 0 Å². The molecule has 4 aromatic rings. The van der Waals surface area contributed by atoms with E-state index in [0.29, 0.717) is 6.04 Å². The highest BCUT2D eigenvalue weighted by molar-refractivity contribution is 5.82. The first-order chi connectivity index (χ1) is 17.5. The van der Waals surface area contributed by atoms with E-state index in [4.69, 9.17) is 14.5 Å². The monoisotopic (exact) mass is 486 g/mol. The van der Waals surface area contributed by atoms with Gasteiger partial charge in [0.1, 0.15) is 11.5 Å². The first kappa shape index (κ1) is 24.1. The minimum atomic E-state index is 0.664. The van der Waals surface area contributed by atoms with Crippen LogP contribution in [0, 0.1) is 0 Å². The van der Waals surface area contributed by atoms with Crippen LogP contribution in [-0.2, 0) is 7.05 Å². The highest BCUT2D eigenvalue weighted by atomic mass is 16.5. The summed E-state index contributed by atoms with van der Waals surface area (Å²) in [7, 11) is 5.27. The number of hydrogen-bond donors (Lipinski definition) is 0. The van der Waals surface area contributed by atoms with E-state index in [1.54, 1.807) is 25.1 Å². The zero-order valence-electron chi connectivity index (χ0n) is 21.5. The van der Waals surface area contributed by atoms with Crippen LogP contribution in [0.15, 0.2) is 55.0 Å². The van der Waals surface area contributed by atoms with Gasteiger partial charge in [-0.25, -0.2) is 4.98 Å². The molecule has 0 spiro atoms. The van der Waals surface area contributed by atoms with Gasteiger partial charge in [-0.05, 0) is 50.9 Å². The molecule has 8 heteroatoms. The third-order valence-corrected chi connectivity index (χ3v) is 7.00. The molecule has 36 heavy (non-hydrogen) atoms. The maximum absolute atomic E-state index is 5.58. The van der Waals surface area contributed by atoms with Gasteiger partial charge in [0.2, 0.25) is 0 Å². The van der Waals surface area contributed by atoms with Crippen LogP contribution >= 0.6 is 0 Å². The molecule has 0 amide bonds. The number of anilines is 2. The molecule has 0 bridgehead atoms. The van der Waals surface area contributed by atoms with Crippen molar-refractivity contribution < 1.29 is 9.47 Å². The lowest BCUT2D eigenvalue weighted by atomic mass is 10.1. The van der Waals surface area contributed by atoms with Crippen molar-refractivity contribution in [3.63, 3.8) is 0 Å². The number of nitrogens with zero attached hydrogens (tertiary/aromatic N) is 6. The maximum Gasteiger partial charge on any atom is 0.124 e. The zero-order valence-corrected chi connectivity index (χ0v) is 21.5. The number of aryl methyl sites for hydroxylation is 1. The molecule has 0 N–H and O–H groups in total. The van der Waals surface area contributed by atoms with E-state index in [-0.39, 0.29) is 0 Å². The topological polar surface area (TPSA) is 68.5 Å². The van der Waals surface area contributed by atoms with Crippen LogP contribution in [-0.4, -0.2) is 64.5 Å². The summed E-state index contributed by atoms with van der Waals surface area (Å²) in [5.41, 5.74) is 5.56. The number of likely N-dealkylation sites (tertiary alicyclic amines) is 1. The summed E-state index contributed by atoms with van der Waals surface area (Å²) in [5.74, 6) is 1.53. The third-order valence-electron chi connectivity index (χ3n) is 7.00. The van der Waals surface area contributed by atoms with Gasteiger partial charge in [0.05, 0.1) is 43.3 Å². The van der Waals surface area contributed by atoms with Crippen molar-refractivity contribution in [2.24, 2.45) is 7.05 Å². The van der Waals surface area contributed by atoms with Gasteiger partial charge in [0.25, 0.3) is 0 Å². The lowest BCUT2D eigenvalue weighted by Crippen LogP contribution is -2.30. The Kier molecular flexibility index (Phi) is 7.04. The van der Waals surface area contributed by atoms with E-state index in [9.17, 15) is 0 Å². The van der Waals surface area contributed by atoms with E-state index >= 15 is 0 Å². The Morgan fingerprint density at radius 2 is 1.81 bits per heavy atom. The molecular weight excluding hydrogens is 452 g/mol. The van der Waals surface area contributed by atoms with E-state index in [0.717, 1.165) is 64.7 Å². The SMILES string of the molecule is COc1cc(OC)cc(N(CCCN2CCC[C@@H]2C)c2ccc3ncc(-c4cnn(C)c4)nc3c2)c1. The van der Waals surface area contributed by atoms with E-state index in [1.165, 1.54) is 19.4 Å². The molecule has 0 unspecified atom stereocenters. The van der Waals surface area contributed by atoms with Crippen LogP contribution in [0.3, 0.4) is 0 Å². The largest absolute Gasteiger partial charge is 0.497 e. The fourth-order valence-electron chi connectivity index (χ4n) is 4.97. The molecule has 2 aromatic carbocycles. The Morgan fingerprint density at radius 3 is 2.47 bits per heavy atom. The molecule has 1 fully saturated rings. The first-order valence-corrected chi connectivity index (χ1v) is 12.5. The average Bonchev–Trinajstić information content (AvgIpc) is 3.53. The Hall–Kier alpha value is -3.65. The average molecular weight is 487 g/mol. The quantitative estimate of drug-likeness (QED) is 0.328. The molecule has 0 saturated carbocycles. The van der Waals surface area contributed by atoms with E-state index in [2.05, 4.69) is 51.1 Å². The van der Waals surface area contributed by atoms with Gasteiger partial charge in [0, 0.05) is 67.5 Å². The van der Waals surface area contributed by atoms with Gasteiger partial charge in [-0.1, -0.05) is 0 Å². The van der Waals surface area contributed by atoms with Crippen molar-refractivity contribution in [3.8, 4) is 22.8 Å². The second-order valence-electron chi connectivity index (χ2n) is 9.43. The molecule has 188 valence electrons. The smallest absolute Gasteiger partial charge is 0.124 e. The highest BCUT2D eigenvalue weighted by Gasteiger charge is 2.20. The molecule has 1 saturated heterocycles. The predicted molar refractivity (Wildman–Crippen MR) is 143 cm³/mol. The summed E-state index contributed by atoms with van der Waals surface area (Å²) >= 11 is 0. The first-order valence-electron chi connectivity index (χ1n) is 12.5. The van der Waals surface area contributed by atoms with E-state index < -0.39 is 0 Å². The van der Waals surface area contributed by atoms with Crippen molar-refractivity contribution >= 4 is 22.4 Å². The molecule has 8 nitrogen and oxygen atoms in total. The van der Waals surface area contributed by atoms with Crippen LogP contribution < -0.4 is 14.4 Å². The number of fused-ring (bicyclic) bond motifs is 1. The lowest BCUT2D eigenvalue weighted by molar-refractivity contribution is 0.267. The van der Waals surface area contributed by atoms with Gasteiger partial charge in [-0.3, -0.25) is 9.67 Å². The Labute approximate surface area is 212 Å². The molecule has 0 radical (unpaired) electrons. The van der Waals surface area contributed by atoms with Gasteiger partial charge < -0.3 is 19.3 Å². The van der Waals surface area contributed by atoms with E-state index in [1.807, 2.05) is 31.6 Å². The number of methoxy groups -OCH3 is 2. The van der Waals surface area contributed by atoms with Crippen molar-refractivity contribution in [3.05, 3.63) is 55.0 Å². The van der Waals surface area contributed by atoms with Crippen LogP contribution in [0.5, 0.6) is 11.5 Å². The number of benzene rings is 2. The number of hydrogen-bond acceptors (Lipinski definition) is 7. The fraction of sp³-hybridized carbons (Fsp3) is 0.393. The second-order valence-corrected chi connectivity index (χ2v) is 9.43. The third kappa shape index (κ3) is 5.14. The Balaban J connectivity index is 1.50. The molecular formula is C28H34N6O2. The molecule has 1 aliphatic rings. The summed E-state index contributed by atoms with van der Waals surface area (Å²) in [6.07, 6.45) is 9.20. The number of rotatable bonds is 9. The summed E-state index contributed by atoms with van der Waals surface area (Å²) in [5, 5.41) is 4.28. The van der Waals surface area contributed by atoms with Gasteiger partial charge >= 0.3 is 0 Å². The van der Waals surface area contributed by atoms with Crippen LogP contribution in [0.4, 0.5) is 11.4 Å². The van der Waals surface area contributed by atoms with Crippen molar-refractivity contribution in [2.75, 3.05) is 38.8 Å². The molecule has 1 atom stereocenters. The fourth-order valence-corrected chi connectivity index (χ4v) is 4.97. The van der Waals surface area contributed by atoms with Crippen LogP contribution in [0.2, 0.25) is 0 Å². The minimum Gasteiger partial charge on any atom is -0.497 e. The second kappa shape index (κ2) is 10.5. The molecule has 0 aliphatic carbocycles. The molecule has 1 aliphatic heterocycles.